The average molecular weight is 451 g/mol. The summed E-state index contributed by atoms with van der Waals surface area (Å²) in [5, 5.41) is 2.85. The first-order valence-corrected chi connectivity index (χ1v) is 10.7. The molecular weight excluding hydrogens is 430 g/mol. The first-order chi connectivity index (χ1) is 16.6. The van der Waals surface area contributed by atoms with Gasteiger partial charge >= 0.3 is 0 Å². The fraction of sp³-hybridized carbons (Fsp3) is 0.125. The SMILES string of the molecule is Cc1cccc(-c2nc3nc(NC(=O)CCc4cccnc4)ccn3c2-c2ccnc(N)n2)n1. The van der Waals surface area contributed by atoms with Crippen LogP contribution < -0.4 is 11.1 Å². The number of nitrogens with two attached hydrogens (primary N) is 1. The molecule has 0 atom stereocenters. The van der Waals surface area contributed by atoms with E-state index in [1.165, 1.54) is 0 Å². The molecule has 5 heterocycles. The van der Waals surface area contributed by atoms with E-state index in [-0.39, 0.29) is 11.9 Å². The maximum absolute atomic E-state index is 12.5. The number of anilines is 2. The second-order valence-corrected chi connectivity index (χ2v) is 7.67. The minimum atomic E-state index is -0.142. The number of amides is 1. The zero-order valence-corrected chi connectivity index (χ0v) is 18.4. The van der Waals surface area contributed by atoms with Gasteiger partial charge in [-0.25, -0.2) is 15.0 Å². The molecule has 0 radical (unpaired) electrons. The number of carbonyl (C=O) groups excluding carboxylic acids is 1. The standard InChI is InChI=1S/C24H21N9O/c1-15-4-2-6-17(28-15)21-22(18-9-12-27-23(25)29-18)33-13-10-19(31-24(33)32-21)30-20(34)8-7-16-5-3-11-26-14-16/h2-6,9-14H,7-8H2,1H3,(H2,25,27,29)(H,30,31,32,34). The van der Waals surface area contributed by atoms with E-state index in [2.05, 4.69) is 30.2 Å². The molecule has 168 valence electrons. The Morgan fingerprint density at radius 2 is 1.91 bits per heavy atom. The number of pyridine rings is 2. The molecule has 0 bridgehead atoms. The van der Waals surface area contributed by atoms with Crippen LogP contribution in [0.4, 0.5) is 11.8 Å². The van der Waals surface area contributed by atoms with E-state index >= 15 is 0 Å². The molecular formula is C24H21N9O. The largest absolute Gasteiger partial charge is 0.368 e. The Morgan fingerprint density at radius 1 is 1.00 bits per heavy atom. The molecule has 0 unspecified atom stereocenters. The highest BCUT2D eigenvalue weighted by molar-refractivity contribution is 5.90. The van der Waals surface area contributed by atoms with Crippen molar-refractivity contribution >= 4 is 23.5 Å². The van der Waals surface area contributed by atoms with Gasteiger partial charge in [-0.05, 0) is 49.2 Å². The van der Waals surface area contributed by atoms with Gasteiger partial charge in [-0.1, -0.05) is 12.1 Å². The van der Waals surface area contributed by atoms with Crippen molar-refractivity contribution in [2.24, 2.45) is 0 Å². The molecule has 0 aliphatic heterocycles. The van der Waals surface area contributed by atoms with Gasteiger partial charge in [0.1, 0.15) is 17.2 Å². The smallest absolute Gasteiger partial charge is 0.236 e. The van der Waals surface area contributed by atoms with Gasteiger partial charge in [-0.3, -0.25) is 19.2 Å². The van der Waals surface area contributed by atoms with Gasteiger partial charge in [0.05, 0.1) is 11.4 Å². The van der Waals surface area contributed by atoms with Gasteiger partial charge in [0.25, 0.3) is 0 Å². The van der Waals surface area contributed by atoms with Crippen LogP contribution in [-0.2, 0) is 11.2 Å². The van der Waals surface area contributed by atoms with E-state index in [0.717, 1.165) is 11.3 Å². The lowest BCUT2D eigenvalue weighted by Gasteiger charge is -2.07. The molecule has 0 aliphatic rings. The maximum atomic E-state index is 12.5. The van der Waals surface area contributed by atoms with Gasteiger partial charge in [0.15, 0.2) is 0 Å². The summed E-state index contributed by atoms with van der Waals surface area (Å²) >= 11 is 0. The molecule has 5 aromatic heterocycles. The third kappa shape index (κ3) is 4.42. The van der Waals surface area contributed by atoms with Crippen LogP contribution in [0.5, 0.6) is 0 Å². The van der Waals surface area contributed by atoms with Gasteiger partial charge in [-0.15, -0.1) is 0 Å². The van der Waals surface area contributed by atoms with Crippen LogP contribution in [0, 0.1) is 6.92 Å². The van der Waals surface area contributed by atoms with Crippen molar-refractivity contribution in [2.45, 2.75) is 19.8 Å². The molecule has 0 aromatic carbocycles. The minimum Gasteiger partial charge on any atom is -0.368 e. The quantitative estimate of drug-likeness (QED) is 0.402. The molecule has 3 N–H and O–H groups in total. The van der Waals surface area contributed by atoms with E-state index in [4.69, 9.17) is 10.7 Å². The van der Waals surface area contributed by atoms with Crippen molar-refractivity contribution in [1.29, 1.82) is 0 Å². The summed E-state index contributed by atoms with van der Waals surface area (Å²) in [7, 11) is 0. The molecule has 0 saturated carbocycles. The lowest BCUT2D eigenvalue weighted by atomic mass is 10.1. The van der Waals surface area contributed by atoms with Crippen LogP contribution >= 0.6 is 0 Å². The number of carbonyl (C=O) groups is 1. The molecule has 10 nitrogen and oxygen atoms in total. The number of aryl methyl sites for hydroxylation is 2. The molecule has 10 heteroatoms. The fourth-order valence-corrected chi connectivity index (χ4v) is 3.61. The number of nitrogens with zero attached hydrogens (tertiary/aromatic N) is 7. The third-order valence-corrected chi connectivity index (χ3v) is 5.17. The number of hydrogen-bond acceptors (Lipinski definition) is 8. The Hall–Kier alpha value is -4.73. The Balaban J connectivity index is 1.49. The molecule has 5 aromatic rings. The summed E-state index contributed by atoms with van der Waals surface area (Å²) in [4.78, 5) is 38.8. The molecule has 5 rings (SSSR count). The van der Waals surface area contributed by atoms with Crippen LogP contribution in [0.3, 0.4) is 0 Å². The van der Waals surface area contributed by atoms with Crippen LogP contribution in [-0.4, -0.2) is 40.2 Å². The number of nitrogen functional groups attached to an aromatic ring is 1. The summed E-state index contributed by atoms with van der Waals surface area (Å²) in [5.74, 6) is 0.819. The van der Waals surface area contributed by atoms with Crippen molar-refractivity contribution in [3.63, 3.8) is 0 Å². The highest BCUT2D eigenvalue weighted by atomic mass is 16.1. The predicted molar refractivity (Wildman–Crippen MR) is 128 cm³/mol. The van der Waals surface area contributed by atoms with Crippen molar-refractivity contribution in [3.05, 3.63) is 78.5 Å². The van der Waals surface area contributed by atoms with E-state index < -0.39 is 0 Å². The second-order valence-electron chi connectivity index (χ2n) is 7.67. The minimum absolute atomic E-state index is 0.142. The molecule has 34 heavy (non-hydrogen) atoms. The van der Waals surface area contributed by atoms with Crippen LogP contribution in [0.2, 0.25) is 0 Å². The molecule has 1 amide bonds. The normalized spacial score (nSPS) is 11.0. The summed E-state index contributed by atoms with van der Waals surface area (Å²) in [6.45, 7) is 1.92. The summed E-state index contributed by atoms with van der Waals surface area (Å²) in [6, 6.07) is 13.0. The first-order valence-electron chi connectivity index (χ1n) is 10.7. The number of fused-ring (bicyclic) bond motifs is 1. The van der Waals surface area contributed by atoms with Crippen LogP contribution in [0.15, 0.2) is 67.3 Å². The average Bonchev–Trinajstić information content (AvgIpc) is 3.22. The van der Waals surface area contributed by atoms with Gasteiger partial charge in [0.2, 0.25) is 17.6 Å². The topological polar surface area (TPSA) is 137 Å². The Bertz CT molecular complexity index is 1480. The monoisotopic (exact) mass is 451 g/mol. The first kappa shape index (κ1) is 21.1. The molecule has 0 aliphatic carbocycles. The van der Waals surface area contributed by atoms with Gasteiger partial charge < -0.3 is 11.1 Å². The number of imidazole rings is 1. The Morgan fingerprint density at radius 3 is 2.71 bits per heavy atom. The highest BCUT2D eigenvalue weighted by Crippen LogP contribution is 2.31. The van der Waals surface area contributed by atoms with Gasteiger partial charge in [-0.2, -0.15) is 4.98 Å². The molecule has 0 spiro atoms. The third-order valence-electron chi connectivity index (χ3n) is 5.17. The van der Waals surface area contributed by atoms with Crippen molar-refractivity contribution in [1.82, 2.24) is 34.3 Å². The van der Waals surface area contributed by atoms with Crippen molar-refractivity contribution < 1.29 is 4.79 Å². The number of rotatable bonds is 6. The Labute approximate surface area is 195 Å². The lowest BCUT2D eigenvalue weighted by molar-refractivity contribution is -0.116. The van der Waals surface area contributed by atoms with Crippen molar-refractivity contribution in [3.8, 4) is 22.8 Å². The number of nitrogens with one attached hydrogen (secondary N) is 1. The Kier molecular flexibility index (Phi) is 5.61. The zero-order chi connectivity index (χ0) is 23.5. The zero-order valence-electron chi connectivity index (χ0n) is 18.4. The second kappa shape index (κ2) is 9.02. The van der Waals surface area contributed by atoms with E-state index in [9.17, 15) is 4.79 Å². The van der Waals surface area contributed by atoms with Crippen LogP contribution in [0.1, 0.15) is 17.7 Å². The van der Waals surface area contributed by atoms with E-state index in [0.29, 0.717) is 47.2 Å². The fourth-order valence-electron chi connectivity index (χ4n) is 3.61. The molecule has 0 saturated heterocycles. The molecule has 0 fully saturated rings. The summed E-state index contributed by atoms with van der Waals surface area (Å²) in [5.41, 5.74) is 10.3. The summed E-state index contributed by atoms with van der Waals surface area (Å²) in [6.07, 6.45) is 7.75. The predicted octanol–water partition coefficient (Wildman–Crippen LogP) is 3.11. The summed E-state index contributed by atoms with van der Waals surface area (Å²) < 4.78 is 1.80. The van der Waals surface area contributed by atoms with E-state index in [1.807, 2.05) is 37.3 Å². The number of hydrogen-bond donors (Lipinski definition) is 2. The highest BCUT2D eigenvalue weighted by Gasteiger charge is 2.20. The van der Waals surface area contributed by atoms with Crippen LogP contribution in [0.25, 0.3) is 28.6 Å². The lowest BCUT2D eigenvalue weighted by Crippen LogP contribution is -2.13. The maximum Gasteiger partial charge on any atom is 0.236 e. The number of aromatic nitrogens is 7. The van der Waals surface area contributed by atoms with E-state index in [1.54, 1.807) is 41.3 Å². The van der Waals surface area contributed by atoms with Gasteiger partial charge in [0, 0.05) is 36.9 Å². The van der Waals surface area contributed by atoms with Crippen molar-refractivity contribution in [2.75, 3.05) is 11.1 Å².